The van der Waals surface area contributed by atoms with Crippen molar-refractivity contribution >= 4 is 35.3 Å². The van der Waals surface area contributed by atoms with E-state index in [0.29, 0.717) is 35.0 Å². The predicted molar refractivity (Wildman–Crippen MR) is 113 cm³/mol. The lowest BCUT2D eigenvalue weighted by Crippen LogP contribution is -2.44. The number of aryl methyl sites for hydroxylation is 1. The third-order valence-electron chi connectivity index (χ3n) is 5.68. The molecular formula is C21H24FN5O3S. The number of anilines is 1. The molecule has 4 amide bonds. The topological polar surface area (TPSA) is 96.3 Å². The fourth-order valence-electron chi connectivity index (χ4n) is 4.04. The minimum Gasteiger partial charge on any atom is -0.329 e. The van der Waals surface area contributed by atoms with Crippen LogP contribution in [0, 0.1) is 5.82 Å². The summed E-state index contributed by atoms with van der Waals surface area (Å²) in [7, 11) is 1.85. The molecule has 2 N–H and O–H groups in total. The van der Waals surface area contributed by atoms with Crippen molar-refractivity contribution in [2.24, 2.45) is 7.05 Å². The second-order valence-corrected chi connectivity index (χ2v) is 8.90. The predicted octanol–water partition coefficient (Wildman–Crippen LogP) is 3.29. The molecule has 1 saturated heterocycles. The number of benzene rings is 1. The summed E-state index contributed by atoms with van der Waals surface area (Å²) in [4.78, 5) is 43.5. The van der Waals surface area contributed by atoms with Gasteiger partial charge < -0.3 is 15.2 Å². The van der Waals surface area contributed by atoms with Crippen LogP contribution in [0.3, 0.4) is 0 Å². The summed E-state index contributed by atoms with van der Waals surface area (Å²) in [6.45, 7) is 0.178. The number of hydrogen-bond donors (Lipinski definition) is 2. The van der Waals surface area contributed by atoms with Crippen LogP contribution in [0.2, 0.25) is 0 Å². The van der Waals surface area contributed by atoms with Crippen molar-refractivity contribution in [3.63, 3.8) is 0 Å². The molecule has 2 aliphatic rings. The summed E-state index contributed by atoms with van der Waals surface area (Å²) in [5, 5.41) is 6.28. The van der Waals surface area contributed by atoms with Gasteiger partial charge in [-0.2, -0.15) is 0 Å². The Bertz CT molecular complexity index is 1020. The second kappa shape index (κ2) is 8.70. The number of nitrogens with one attached hydrogen (secondary N) is 2. The Hall–Kier alpha value is -2.88. The molecule has 1 spiro atoms. The molecule has 1 aliphatic heterocycles. The molecule has 0 radical (unpaired) electrons. The van der Waals surface area contributed by atoms with E-state index in [0.717, 1.165) is 12.8 Å². The third-order valence-corrected chi connectivity index (χ3v) is 6.83. The first-order valence-electron chi connectivity index (χ1n) is 10.3. The Morgan fingerprint density at radius 2 is 2.10 bits per heavy atom. The smallest absolute Gasteiger partial charge is 0.325 e. The lowest BCUT2D eigenvalue weighted by atomic mass is 9.98. The Morgan fingerprint density at radius 1 is 1.32 bits per heavy atom. The minimum atomic E-state index is -0.738. The molecule has 0 bridgehead atoms. The maximum absolute atomic E-state index is 13.8. The van der Waals surface area contributed by atoms with Crippen molar-refractivity contribution in [3.05, 3.63) is 36.4 Å². The van der Waals surface area contributed by atoms with Crippen molar-refractivity contribution in [1.29, 1.82) is 0 Å². The second-order valence-electron chi connectivity index (χ2n) is 7.89. The fourth-order valence-corrected chi connectivity index (χ4v) is 4.92. The number of urea groups is 1. The lowest BCUT2D eigenvalue weighted by Gasteiger charge is -2.20. The molecule has 2 aromatic rings. The van der Waals surface area contributed by atoms with Crippen LogP contribution in [0.15, 0.2) is 40.6 Å². The van der Waals surface area contributed by atoms with Gasteiger partial charge in [0.25, 0.3) is 5.91 Å². The lowest BCUT2D eigenvalue weighted by molar-refractivity contribution is -0.131. The zero-order valence-corrected chi connectivity index (χ0v) is 18.0. The number of carbonyl (C=O) groups is 3. The average molecular weight is 446 g/mol. The number of imidazole rings is 1. The van der Waals surface area contributed by atoms with Gasteiger partial charge in [0, 0.05) is 37.3 Å². The largest absolute Gasteiger partial charge is 0.329 e. The van der Waals surface area contributed by atoms with Crippen LogP contribution in [0.5, 0.6) is 0 Å². The summed E-state index contributed by atoms with van der Waals surface area (Å²) in [5.74, 6) is -0.954. The van der Waals surface area contributed by atoms with E-state index in [-0.39, 0.29) is 30.8 Å². The van der Waals surface area contributed by atoms with Crippen molar-refractivity contribution in [3.8, 4) is 0 Å². The van der Waals surface area contributed by atoms with Gasteiger partial charge in [0.1, 0.15) is 11.4 Å². The number of nitrogens with zero attached hydrogens (tertiary/aromatic N) is 3. The van der Waals surface area contributed by atoms with Gasteiger partial charge in [-0.15, -0.1) is 0 Å². The molecule has 164 valence electrons. The molecule has 0 unspecified atom stereocenters. The first kappa shape index (κ1) is 21.4. The minimum absolute atomic E-state index is 0.104. The number of amides is 4. The van der Waals surface area contributed by atoms with Crippen LogP contribution < -0.4 is 10.6 Å². The van der Waals surface area contributed by atoms with Crippen molar-refractivity contribution in [1.82, 2.24) is 19.8 Å². The Labute approximate surface area is 183 Å². The molecule has 0 atom stereocenters. The van der Waals surface area contributed by atoms with Gasteiger partial charge in [-0.25, -0.2) is 14.2 Å². The average Bonchev–Trinajstić information content (AvgIpc) is 3.41. The molecule has 1 aliphatic carbocycles. The first-order valence-corrected chi connectivity index (χ1v) is 11.1. The van der Waals surface area contributed by atoms with E-state index in [1.807, 2.05) is 11.6 Å². The van der Waals surface area contributed by atoms with Gasteiger partial charge in [0.05, 0.1) is 5.69 Å². The quantitative estimate of drug-likeness (QED) is 0.638. The summed E-state index contributed by atoms with van der Waals surface area (Å²) >= 11 is 1.32. The third kappa shape index (κ3) is 4.43. The first-order chi connectivity index (χ1) is 14.9. The van der Waals surface area contributed by atoms with Crippen LogP contribution >= 0.6 is 11.8 Å². The molecule has 2 fully saturated rings. The van der Waals surface area contributed by atoms with E-state index in [1.165, 1.54) is 28.8 Å². The van der Waals surface area contributed by atoms with E-state index in [9.17, 15) is 18.8 Å². The van der Waals surface area contributed by atoms with E-state index in [1.54, 1.807) is 18.5 Å². The molecule has 1 aromatic heterocycles. The standard InChI is InChI=1S/C21H24FN5O3S/c1-26-12-10-23-20(26)31-16-7-6-14(22)13-15(16)24-17(28)5-4-11-27-18(29)21(25-19(27)30)8-2-3-9-21/h6-7,10,12-13H,2-5,8-9,11H2,1H3,(H,24,28)(H,25,30). The van der Waals surface area contributed by atoms with E-state index < -0.39 is 11.4 Å². The Kier molecular flexibility index (Phi) is 5.99. The summed E-state index contributed by atoms with van der Waals surface area (Å²) in [6, 6.07) is 3.81. The van der Waals surface area contributed by atoms with E-state index in [2.05, 4.69) is 15.6 Å². The molecule has 1 saturated carbocycles. The summed E-state index contributed by atoms with van der Waals surface area (Å²) in [5.41, 5.74) is -0.379. The van der Waals surface area contributed by atoms with Gasteiger partial charge in [-0.1, -0.05) is 12.8 Å². The molecule has 10 heteroatoms. The number of halogens is 1. The summed E-state index contributed by atoms with van der Waals surface area (Å²) in [6.07, 6.45) is 7.09. The van der Waals surface area contributed by atoms with Crippen molar-refractivity contribution < 1.29 is 18.8 Å². The Balaban J connectivity index is 1.34. The van der Waals surface area contributed by atoms with E-state index in [4.69, 9.17) is 0 Å². The van der Waals surface area contributed by atoms with Crippen molar-refractivity contribution in [2.45, 2.75) is 54.1 Å². The molecular weight excluding hydrogens is 421 g/mol. The van der Waals surface area contributed by atoms with E-state index >= 15 is 0 Å². The number of aromatic nitrogens is 2. The highest BCUT2D eigenvalue weighted by Crippen LogP contribution is 2.35. The molecule has 2 heterocycles. The number of rotatable bonds is 7. The number of hydrogen-bond acceptors (Lipinski definition) is 5. The van der Waals surface area contributed by atoms with Crippen LogP contribution in [0.25, 0.3) is 0 Å². The van der Waals surface area contributed by atoms with Gasteiger partial charge >= 0.3 is 6.03 Å². The number of carbonyl (C=O) groups excluding carboxylic acids is 3. The summed E-state index contributed by atoms with van der Waals surface area (Å²) < 4.78 is 15.6. The number of imide groups is 1. The molecule has 1 aromatic carbocycles. The highest BCUT2D eigenvalue weighted by Gasteiger charge is 2.52. The monoisotopic (exact) mass is 445 g/mol. The van der Waals surface area contributed by atoms with Crippen molar-refractivity contribution in [2.75, 3.05) is 11.9 Å². The zero-order chi connectivity index (χ0) is 22.0. The van der Waals surface area contributed by atoms with Crippen LogP contribution in [-0.2, 0) is 16.6 Å². The van der Waals surface area contributed by atoms with Gasteiger partial charge in [0.2, 0.25) is 5.91 Å². The fraction of sp³-hybridized carbons (Fsp3) is 0.429. The highest BCUT2D eigenvalue weighted by atomic mass is 32.2. The van der Waals surface area contributed by atoms with Crippen LogP contribution in [0.4, 0.5) is 14.9 Å². The Morgan fingerprint density at radius 3 is 2.81 bits per heavy atom. The normalized spacial score (nSPS) is 17.4. The van der Waals surface area contributed by atoms with Crippen LogP contribution in [-0.4, -0.2) is 44.4 Å². The molecule has 8 nitrogen and oxygen atoms in total. The highest BCUT2D eigenvalue weighted by molar-refractivity contribution is 7.99. The maximum atomic E-state index is 13.8. The molecule has 4 rings (SSSR count). The maximum Gasteiger partial charge on any atom is 0.325 e. The SMILES string of the molecule is Cn1ccnc1Sc1ccc(F)cc1NC(=O)CCCN1C(=O)NC2(CCCC2)C1=O. The van der Waals surface area contributed by atoms with Crippen LogP contribution in [0.1, 0.15) is 38.5 Å². The zero-order valence-electron chi connectivity index (χ0n) is 17.2. The van der Waals surface area contributed by atoms with Gasteiger partial charge in [0.15, 0.2) is 5.16 Å². The molecule has 31 heavy (non-hydrogen) atoms. The van der Waals surface area contributed by atoms with Gasteiger partial charge in [-0.05, 0) is 49.2 Å². The van der Waals surface area contributed by atoms with Gasteiger partial charge in [-0.3, -0.25) is 14.5 Å².